The first-order chi connectivity index (χ1) is 9.10. The number of allylic oxidation sites excluding steroid dienone is 1. The van der Waals surface area contributed by atoms with Gasteiger partial charge in [-0.2, -0.15) is 5.26 Å². The summed E-state index contributed by atoms with van der Waals surface area (Å²) in [4.78, 5) is 0. The van der Waals surface area contributed by atoms with Gasteiger partial charge in [-0.25, -0.2) is 4.39 Å². The molecule has 0 spiro atoms. The number of hydrogen-bond donors (Lipinski definition) is 0. The summed E-state index contributed by atoms with van der Waals surface area (Å²) in [5.74, 6) is -0.493. The molecule has 2 aromatic carbocycles. The molecule has 0 aliphatic heterocycles. The summed E-state index contributed by atoms with van der Waals surface area (Å²) in [5.41, 5.74) is 2.49. The summed E-state index contributed by atoms with van der Waals surface area (Å²) in [6.07, 6.45) is 1.67. The van der Waals surface area contributed by atoms with E-state index in [-0.39, 0.29) is 11.1 Å². The van der Waals surface area contributed by atoms with Gasteiger partial charge in [0.2, 0.25) is 0 Å². The molecule has 2 rings (SSSR count). The van der Waals surface area contributed by atoms with Crippen LogP contribution in [0.4, 0.5) is 4.39 Å². The zero-order valence-electron chi connectivity index (χ0n) is 10.3. The molecule has 1 nitrogen and oxygen atoms in total. The summed E-state index contributed by atoms with van der Waals surface area (Å²) >= 11 is 5.70. The maximum atomic E-state index is 13.8. The van der Waals surface area contributed by atoms with E-state index < -0.39 is 5.82 Å². The number of nitriles is 1. The van der Waals surface area contributed by atoms with Crippen molar-refractivity contribution < 1.29 is 4.39 Å². The lowest BCUT2D eigenvalue weighted by atomic mass is 10.0. The summed E-state index contributed by atoms with van der Waals surface area (Å²) in [7, 11) is 0. The fourth-order valence-electron chi connectivity index (χ4n) is 1.80. The van der Waals surface area contributed by atoms with Gasteiger partial charge in [-0.3, -0.25) is 0 Å². The second-order valence-corrected chi connectivity index (χ2v) is 4.64. The summed E-state index contributed by atoms with van der Waals surface area (Å²) in [6.45, 7) is 1.96. The van der Waals surface area contributed by atoms with Crippen LogP contribution in [0.2, 0.25) is 5.02 Å². The molecule has 0 aromatic heterocycles. The Balaban J connectivity index is 2.48. The second-order valence-electron chi connectivity index (χ2n) is 4.21. The second kappa shape index (κ2) is 5.69. The average Bonchev–Trinajstić information content (AvgIpc) is 2.37. The first-order valence-electron chi connectivity index (χ1n) is 5.74. The lowest BCUT2D eigenvalue weighted by molar-refractivity contribution is 0.624. The normalized spacial score (nSPS) is 11.2. The topological polar surface area (TPSA) is 23.8 Å². The molecule has 0 amide bonds. The summed E-state index contributed by atoms with van der Waals surface area (Å²) in [5, 5.41) is 9.50. The van der Waals surface area contributed by atoms with E-state index in [0.717, 1.165) is 11.1 Å². The van der Waals surface area contributed by atoms with Crippen LogP contribution >= 0.6 is 11.6 Å². The third kappa shape index (κ3) is 3.21. The Labute approximate surface area is 116 Å². The van der Waals surface area contributed by atoms with Crippen LogP contribution in [-0.2, 0) is 0 Å². The number of rotatable bonds is 2. The molecule has 0 bridgehead atoms. The first kappa shape index (κ1) is 13.3. The van der Waals surface area contributed by atoms with Gasteiger partial charge in [-0.15, -0.1) is 0 Å². The van der Waals surface area contributed by atoms with Gasteiger partial charge in [0.05, 0.1) is 11.6 Å². The minimum absolute atomic E-state index is 0.258. The summed E-state index contributed by atoms with van der Waals surface area (Å²) in [6, 6.07) is 14.0. The van der Waals surface area contributed by atoms with Gasteiger partial charge in [-0.1, -0.05) is 41.4 Å². The molecule has 0 aliphatic rings. The quantitative estimate of drug-likeness (QED) is 0.566. The molecule has 0 N–H and O–H groups in total. The Morgan fingerprint density at radius 2 is 2.05 bits per heavy atom. The van der Waals surface area contributed by atoms with Crippen LogP contribution in [0.3, 0.4) is 0 Å². The molecule has 0 fully saturated rings. The van der Waals surface area contributed by atoms with E-state index in [0.29, 0.717) is 5.02 Å². The molecule has 0 atom stereocenters. The van der Waals surface area contributed by atoms with Crippen LogP contribution in [-0.4, -0.2) is 0 Å². The van der Waals surface area contributed by atoms with E-state index in [2.05, 4.69) is 0 Å². The minimum Gasteiger partial charge on any atom is -0.206 e. The zero-order valence-corrected chi connectivity index (χ0v) is 11.1. The molecule has 3 heteroatoms. The fourth-order valence-corrected chi connectivity index (χ4v) is 1.96. The van der Waals surface area contributed by atoms with Crippen LogP contribution in [0.5, 0.6) is 0 Å². The van der Waals surface area contributed by atoms with Crippen molar-refractivity contribution in [3.63, 3.8) is 0 Å². The lowest BCUT2D eigenvalue weighted by Gasteiger charge is -2.03. The molecular formula is C16H11ClFN. The van der Waals surface area contributed by atoms with E-state index in [1.165, 1.54) is 12.1 Å². The monoisotopic (exact) mass is 271 g/mol. The van der Waals surface area contributed by atoms with Crippen molar-refractivity contribution in [3.05, 3.63) is 70.0 Å². The van der Waals surface area contributed by atoms with Gasteiger partial charge >= 0.3 is 0 Å². The largest absolute Gasteiger partial charge is 0.206 e. The first-order valence-corrected chi connectivity index (χ1v) is 6.12. The van der Waals surface area contributed by atoms with Gasteiger partial charge in [-0.05, 0) is 36.8 Å². The molecular weight excluding hydrogens is 261 g/mol. The average molecular weight is 272 g/mol. The van der Waals surface area contributed by atoms with Crippen LogP contribution in [0, 0.1) is 24.1 Å². The SMILES string of the molecule is Cc1cccc(/C=C(\C#N)c2ccc(Cl)cc2F)c1. The highest BCUT2D eigenvalue weighted by Gasteiger charge is 2.08. The van der Waals surface area contributed by atoms with Crippen molar-refractivity contribution in [2.75, 3.05) is 0 Å². The van der Waals surface area contributed by atoms with Crippen molar-refractivity contribution in [3.8, 4) is 6.07 Å². The maximum Gasteiger partial charge on any atom is 0.133 e. The number of aryl methyl sites for hydroxylation is 1. The van der Waals surface area contributed by atoms with Crippen LogP contribution < -0.4 is 0 Å². The lowest BCUT2D eigenvalue weighted by Crippen LogP contribution is -1.88. The van der Waals surface area contributed by atoms with Gasteiger partial charge in [0.25, 0.3) is 0 Å². The van der Waals surface area contributed by atoms with Crippen LogP contribution in [0.25, 0.3) is 11.6 Å². The van der Waals surface area contributed by atoms with Crippen molar-refractivity contribution in [2.45, 2.75) is 6.92 Å². The molecule has 94 valence electrons. The molecule has 0 heterocycles. The number of hydrogen-bond acceptors (Lipinski definition) is 1. The molecule has 0 aliphatic carbocycles. The van der Waals surface area contributed by atoms with Crippen molar-refractivity contribution in [2.24, 2.45) is 0 Å². The van der Waals surface area contributed by atoms with Crippen LogP contribution in [0.1, 0.15) is 16.7 Å². The number of benzene rings is 2. The van der Waals surface area contributed by atoms with Gasteiger partial charge in [0, 0.05) is 10.6 Å². The van der Waals surface area contributed by atoms with Crippen LogP contribution in [0.15, 0.2) is 42.5 Å². The molecule has 19 heavy (non-hydrogen) atoms. The highest BCUT2D eigenvalue weighted by molar-refractivity contribution is 6.30. The van der Waals surface area contributed by atoms with Gasteiger partial charge < -0.3 is 0 Å². The van der Waals surface area contributed by atoms with Crippen molar-refractivity contribution in [1.29, 1.82) is 5.26 Å². The predicted molar refractivity (Wildman–Crippen MR) is 76.1 cm³/mol. The number of nitrogens with zero attached hydrogens (tertiary/aromatic N) is 1. The number of halogens is 2. The summed E-state index contributed by atoms with van der Waals surface area (Å²) < 4.78 is 13.8. The Kier molecular flexibility index (Phi) is 3.99. The predicted octanol–water partition coefficient (Wildman–Crippen LogP) is 4.85. The molecule has 0 radical (unpaired) electrons. The molecule has 0 unspecified atom stereocenters. The third-order valence-electron chi connectivity index (χ3n) is 2.69. The van der Waals surface area contributed by atoms with E-state index in [1.54, 1.807) is 12.1 Å². The molecule has 0 saturated heterocycles. The van der Waals surface area contributed by atoms with Crippen molar-refractivity contribution >= 4 is 23.3 Å². The smallest absolute Gasteiger partial charge is 0.133 e. The van der Waals surface area contributed by atoms with E-state index in [9.17, 15) is 9.65 Å². The highest BCUT2D eigenvalue weighted by atomic mass is 35.5. The Hall–Kier alpha value is -2.11. The standard InChI is InChI=1S/C16H11ClFN/c1-11-3-2-4-12(7-11)8-13(10-19)15-6-5-14(17)9-16(15)18/h2-9H,1H3/b13-8+. The van der Waals surface area contributed by atoms with E-state index in [1.807, 2.05) is 37.3 Å². The minimum atomic E-state index is -0.493. The third-order valence-corrected chi connectivity index (χ3v) is 2.93. The highest BCUT2D eigenvalue weighted by Crippen LogP contribution is 2.23. The van der Waals surface area contributed by atoms with E-state index in [4.69, 9.17) is 11.6 Å². The van der Waals surface area contributed by atoms with E-state index >= 15 is 0 Å². The Bertz CT molecular complexity index is 683. The Morgan fingerprint density at radius 1 is 1.26 bits per heavy atom. The molecule has 2 aromatic rings. The Morgan fingerprint density at radius 3 is 2.68 bits per heavy atom. The van der Waals surface area contributed by atoms with Gasteiger partial charge in [0.15, 0.2) is 0 Å². The van der Waals surface area contributed by atoms with Gasteiger partial charge in [0.1, 0.15) is 5.82 Å². The molecule has 0 saturated carbocycles. The van der Waals surface area contributed by atoms with Crippen molar-refractivity contribution in [1.82, 2.24) is 0 Å². The fraction of sp³-hybridized carbons (Fsp3) is 0.0625. The zero-order chi connectivity index (χ0) is 13.8. The maximum absolute atomic E-state index is 13.8.